The van der Waals surface area contributed by atoms with Crippen LogP contribution in [0.15, 0.2) is 47.1 Å². The monoisotopic (exact) mass is 455 g/mol. The van der Waals surface area contributed by atoms with Gasteiger partial charge in [-0.15, -0.1) is 11.3 Å². The Kier molecular flexibility index (Phi) is 5.21. The number of nitrogen functional groups attached to an aromatic ring is 1. The van der Waals surface area contributed by atoms with Gasteiger partial charge < -0.3 is 5.73 Å². The number of carbonyl (C=O) groups excluding carboxylic acids is 1. The van der Waals surface area contributed by atoms with Gasteiger partial charge >= 0.3 is 5.88 Å². The number of halogens is 1. The van der Waals surface area contributed by atoms with Crippen LogP contribution in [0, 0.1) is 0 Å². The van der Waals surface area contributed by atoms with Crippen molar-refractivity contribution in [3.05, 3.63) is 52.5 Å². The minimum atomic E-state index is -0.351. The summed E-state index contributed by atoms with van der Waals surface area (Å²) < 4.78 is 5.29. The molecule has 158 valence electrons. The van der Waals surface area contributed by atoms with Crippen molar-refractivity contribution in [1.29, 1.82) is 0 Å². The topological polar surface area (TPSA) is 101 Å². The molecule has 1 saturated heterocycles. The molecule has 0 radical (unpaired) electrons. The normalized spacial score (nSPS) is 14.2. The Balaban J connectivity index is 1.38. The number of thiophene rings is 1. The van der Waals surface area contributed by atoms with Gasteiger partial charge in [-0.05, 0) is 43.5 Å². The molecule has 4 aromatic rings. The minimum Gasteiger partial charge on any atom is -0.397 e. The number of pyridine rings is 1. The fourth-order valence-electron chi connectivity index (χ4n) is 3.62. The van der Waals surface area contributed by atoms with Crippen LogP contribution in [0.5, 0.6) is 0 Å². The molecule has 0 saturated carbocycles. The number of hydrogen-bond acceptors (Lipinski definition) is 7. The lowest BCUT2D eigenvalue weighted by atomic mass is 10.1. The molecule has 4 heterocycles. The summed E-state index contributed by atoms with van der Waals surface area (Å²) in [4.78, 5) is 20.2. The zero-order chi connectivity index (χ0) is 21.4. The zero-order valence-corrected chi connectivity index (χ0v) is 18.1. The summed E-state index contributed by atoms with van der Waals surface area (Å²) in [5.74, 6) is -0.0854. The van der Waals surface area contributed by atoms with Crippen LogP contribution < -0.4 is 20.9 Å². The molecule has 0 aliphatic carbocycles. The van der Waals surface area contributed by atoms with Gasteiger partial charge in [0, 0.05) is 16.0 Å². The SMILES string of the molecule is Nc1c(C(=O)Nc2c[n+](N3CCCCC3)no2)sc2nc(-c3ccc(Cl)cc3)ccc12. The first-order valence-corrected chi connectivity index (χ1v) is 11.2. The number of piperidine rings is 1. The predicted molar refractivity (Wildman–Crippen MR) is 121 cm³/mol. The fraction of sp³-hybridized carbons (Fsp3) is 0.238. The van der Waals surface area contributed by atoms with Crippen LogP contribution in [0.3, 0.4) is 0 Å². The van der Waals surface area contributed by atoms with Crippen LogP contribution in [0.1, 0.15) is 28.9 Å². The van der Waals surface area contributed by atoms with Crippen molar-refractivity contribution < 1.29 is 14.1 Å². The summed E-state index contributed by atoms with van der Waals surface area (Å²) in [5.41, 5.74) is 8.38. The molecule has 10 heteroatoms. The van der Waals surface area contributed by atoms with Crippen molar-refractivity contribution >= 4 is 50.6 Å². The van der Waals surface area contributed by atoms with Gasteiger partial charge in [0.2, 0.25) is 5.27 Å². The van der Waals surface area contributed by atoms with E-state index in [1.807, 2.05) is 36.4 Å². The van der Waals surface area contributed by atoms with Gasteiger partial charge in [-0.25, -0.2) is 4.98 Å². The van der Waals surface area contributed by atoms with E-state index in [4.69, 9.17) is 21.9 Å². The molecule has 0 bridgehead atoms. The first kappa shape index (κ1) is 19.8. The second-order valence-corrected chi connectivity index (χ2v) is 8.79. The summed E-state index contributed by atoms with van der Waals surface area (Å²) in [5, 5.41) is 10.2. The smallest absolute Gasteiger partial charge is 0.306 e. The second kappa shape index (κ2) is 8.16. The number of hydrogen-bond donors (Lipinski definition) is 2. The summed E-state index contributed by atoms with van der Waals surface area (Å²) in [6.45, 7) is 1.82. The first-order chi connectivity index (χ1) is 15.1. The van der Waals surface area contributed by atoms with Gasteiger partial charge in [0.15, 0.2) is 0 Å². The van der Waals surface area contributed by atoms with E-state index in [0.29, 0.717) is 20.4 Å². The molecule has 1 aliphatic heterocycles. The van der Waals surface area contributed by atoms with Gasteiger partial charge in [0.05, 0.1) is 29.3 Å². The predicted octanol–water partition coefficient (Wildman–Crippen LogP) is 3.85. The molecule has 0 spiro atoms. The van der Waals surface area contributed by atoms with Crippen molar-refractivity contribution in [2.24, 2.45) is 0 Å². The largest absolute Gasteiger partial charge is 0.397 e. The number of nitrogens with zero attached hydrogens (tertiary/aromatic N) is 4. The van der Waals surface area contributed by atoms with E-state index in [1.54, 1.807) is 11.0 Å². The summed E-state index contributed by atoms with van der Waals surface area (Å²) in [7, 11) is 0. The highest BCUT2D eigenvalue weighted by Gasteiger charge is 2.25. The van der Waals surface area contributed by atoms with Crippen molar-refractivity contribution in [1.82, 2.24) is 10.3 Å². The number of aromatic nitrogens is 3. The number of fused-ring (bicyclic) bond motifs is 1. The number of carbonyl (C=O) groups is 1. The van der Waals surface area contributed by atoms with Crippen LogP contribution in [-0.4, -0.2) is 29.3 Å². The van der Waals surface area contributed by atoms with Gasteiger partial charge in [-0.2, -0.15) is 5.01 Å². The molecule has 1 aromatic carbocycles. The molecule has 1 fully saturated rings. The maximum absolute atomic E-state index is 12.8. The maximum Gasteiger partial charge on any atom is 0.306 e. The number of nitrogens with two attached hydrogens (primary N) is 1. The number of rotatable bonds is 4. The average Bonchev–Trinajstić information content (AvgIpc) is 3.39. The molecule has 3 aromatic heterocycles. The van der Waals surface area contributed by atoms with E-state index >= 15 is 0 Å². The lowest BCUT2D eigenvalue weighted by Gasteiger charge is -2.17. The van der Waals surface area contributed by atoms with Crippen LogP contribution in [-0.2, 0) is 0 Å². The highest BCUT2D eigenvalue weighted by Crippen LogP contribution is 2.34. The summed E-state index contributed by atoms with van der Waals surface area (Å²) >= 11 is 7.21. The van der Waals surface area contributed by atoms with Crippen molar-refractivity contribution in [3.8, 4) is 11.3 Å². The number of amides is 1. The third kappa shape index (κ3) is 3.94. The Morgan fingerprint density at radius 1 is 1.16 bits per heavy atom. The van der Waals surface area contributed by atoms with Crippen molar-refractivity contribution in [2.75, 3.05) is 29.1 Å². The second-order valence-electron chi connectivity index (χ2n) is 7.36. The summed E-state index contributed by atoms with van der Waals surface area (Å²) in [6.07, 6.45) is 5.12. The number of nitrogens with one attached hydrogen (secondary N) is 1. The molecular formula is C21H20ClN6O2S+. The van der Waals surface area contributed by atoms with Gasteiger partial charge in [-0.3, -0.25) is 14.6 Å². The molecule has 1 amide bonds. The Bertz CT molecular complexity index is 1250. The average molecular weight is 456 g/mol. The molecule has 3 N–H and O–H groups in total. The van der Waals surface area contributed by atoms with Gasteiger partial charge in [0.25, 0.3) is 12.1 Å². The molecule has 5 rings (SSSR count). The zero-order valence-electron chi connectivity index (χ0n) is 16.5. The van der Waals surface area contributed by atoms with Crippen LogP contribution in [0.2, 0.25) is 5.02 Å². The van der Waals surface area contributed by atoms with E-state index in [9.17, 15) is 4.79 Å². The highest BCUT2D eigenvalue weighted by atomic mass is 35.5. The number of anilines is 2. The van der Waals surface area contributed by atoms with Gasteiger partial charge in [0.1, 0.15) is 9.71 Å². The van der Waals surface area contributed by atoms with E-state index in [2.05, 4.69) is 20.6 Å². The minimum absolute atomic E-state index is 0.266. The molecule has 8 nitrogen and oxygen atoms in total. The molecule has 0 unspecified atom stereocenters. The van der Waals surface area contributed by atoms with E-state index in [1.165, 1.54) is 17.8 Å². The van der Waals surface area contributed by atoms with Crippen molar-refractivity contribution in [3.63, 3.8) is 0 Å². The third-order valence-electron chi connectivity index (χ3n) is 5.25. The standard InChI is InChI=1S/C21H19ClN6O2S/c22-14-6-4-13(5-7-14)16-9-8-15-18(23)19(31-21(15)24-16)20(29)25-17-12-28(26-30-17)27-10-2-1-3-11-27/h4-9,12H,1-3,10-11H2,(H2-,23,25,26,29)/p+1. The molecule has 0 atom stereocenters. The van der Waals surface area contributed by atoms with E-state index < -0.39 is 0 Å². The first-order valence-electron chi connectivity index (χ1n) is 9.99. The van der Waals surface area contributed by atoms with E-state index in [0.717, 1.165) is 42.6 Å². The lowest BCUT2D eigenvalue weighted by Crippen LogP contribution is -2.60. The fourth-order valence-corrected chi connectivity index (χ4v) is 4.74. The molecular weight excluding hydrogens is 436 g/mol. The Morgan fingerprint density at radius 3 is 2.71 bits per heavy atom. The van der Waals surface area contributed by atoms with Crippen LogP contribution in [0.4, 0.5) is 11.6 Å². The Morgan fingerprint density at radius 2 is 1.94 bits per heavy atom. The van der Waals surface area contributed by atoms with Crippen LogP contribution >= 0.6 is 22.9 Å². The quantitative estimate of drug-likeness (QED) is 0.453. The van der Waals surface area contributed by atoms with Crippen LogP contribution in [0.25, 0.3) is 21.5 Å². The summed E-state index contributed by atoms with van der Waals surface area (Å²) in [6, 6.07) is 11.2. The Hall–Kier alpha value is -3.17. The molecule has 31 heavy (non-hydrogen) atoms. The number of benzene rings is 1. The lowest BCUT2D eigenvalue weighted by molar-refractivity contribution is -0.759. The van der Waals surface area contributed by atoms with E-state index in [-0.39, 0.29) is 11.8 Å². The van der Waals surface area contributed by atoms with Gasteiger partial charge in [-0.1, -0.05) is 23.7 Å². The highest BCUT2D eigenvalue weighted by molar-refractivity contribution is 7.21. The third-order valence-corrected chi connectivity index (χ3v) is 6.62. The Labute approximate surface area is 187 Å². The molecule has 1 aliphatic rings. The maximum atomic E-state index is 12.8. The van der Waals surface area contributed by atoms with Crippen molar-refractivity contribution in [2.45, 2.75) is 19.3 Å².